The summed E-state index contributed by atoms with van der Waals surface area (Å²) in [6, 6.07) is 5.66. The molecule has 3 aromatic rings. The first kappa shape index (κ1) is 9.77. The molecule has 2 heterocycles. The van der Waals surface area contributed by atoms with Crippen LogP contribution >= 0.6 is 0 Å². The van der Waals surface area contributed by atoms with Gasteiger partial charge in [0.1, 0.15) is 11.6 Å². The zero-order chi connectivity index (χ0) is 12.0. The van der Waals surface area contributed by atoms with Crippen molar-refractivity contribution in [2.45, 2.75) is 6.92 Å². The lowest BCUT2D eigenvalue weighted by Gasteiger charge is -2.04. The van der Waals surface area contributed by atoms with Crippen molar-refractivity contribution in [2.75, 3.05) is 5.73 Å². The van der Waals surface area contributed by atoms with Crippen LogP contribution in [0.2, 0.25) is 0 Å². The van der Waals surface area contributed by atoms with E-state index in [1.54, 1.807) is 6.20 Å². The number of nitrogen functional groups attached to an aromatic ring is 1. The SMILES string of the molecule is Cc1cc2c(O)c(-c3cn[nH]c3N)ccc2[nH]1. The molecule has 0 aliphatic rings. The summed E-state index contributed by atoms with van der Waals surface area (Å²) in [6.45, 7) is 1.95. The smallest absolute Gasteiger partial charge is 0.132 e. The minimum atomic E-state index is 0.222. The number of aromatic amines is 2. The number of hydrogen-bond acceptors (Lipinski definition) is 3. The maximum atomic E-state index is 10.2. The van der Waals surface area contributed by atoms with Crippen LogP contribution in [0.1, 0.15) is 5.69 Å². The van der Waals surface area contributed by atoms with Crippen LogP contribution in [-0.2, 0) is 0 Å². The first-order chi connectivity index (χ1) is 8.16. The fourth-order valence-electron chi connectivity index (χ4n) is 2.06. The summed E-state index contributed by atoms with van der Waals surface area (Å²) in [5.41, 5.74) is 9.06. The molecule has 5 heteroatoms. The molecule has 0 amide bonds. The van der Waals surface area contributed by atoms with Gasteiger partial charge in [-0.2, -0.15) is 5.10 Å². The molecule has 86 valence electrons. The summed E-state index contributed by atoms with van der Waals surface area (Å²) in [4.78, 5) is 3.17. The van der Waals surface area contributed by atoms with E-state index < -0.39 is 0 Å². The lowest BCUT2D eigenvalue weighted by molar-refractivity contribution is 0.483. The lowest BCUT2D eigenvalue weighted by atomic mass is 10.0. The monoisotopic (exact) mass is 228 g/mol. The molecule has 0 saturated heterocycles. The second-order valence-corrected chi connectivity index (χ2v) is 4.07. The number of phenols is 1. The number of aromatic nitrogens is 3. The van der Waals surface area contributed by atoms with Crippen LogP contribution in [0, 0.1) is 6.92 Å². The van der Waals surface area contributed by atoms with Gasteiger partial charge < -0.3 is 15.8 Å². The zero-order valence-corrected chi connectivity index (χ0v) is 9.28. The van der Waals surface area contributed by atoms with Crippen molar-refractivity contribution in [1.29, 1.82) is 0 Å². The van der Waals surface area contributed by atoms with E-state index in [0.717, 1.165) is 16.6 Å². The van der Waals surface area contributed by atoms with Crippen molar-refractivity contribution in [1.82, 2.24) is 15.2 Å². The van der Waals surface area contributed by atoms with Gasteiger partial charge in [-0.25, -0.2) is 0 Å². The molecule has 0 aliphatic carbocycles. The molecule has 0 unspecified atom stereocenters. The fourth-order valence-corrected chi connectivity index (χ4v) is 2.06. The van der Waals surface area contributed by atoms with Crippen LogP contribution < -0.4 is 5.73 Å². The van der Waals surface area contributed by atoms with Crippen LogP contribution in [0.15, 0.2) is 24.4 Å². The van der Waals surface area contributed by atoms with Crippen LogP contribution in [0.3, 0.4) is 0 Å². The Hall–Kier alpha value is -2.43. The van der Waals surface area contributed by atoms with Gasteiger partial charge in [-0.15, -0.1) is 0 Å². The van der Waals surface area contributed by atoms with Crippen molar-refractivity contribution in [3.05, 3.63) is 30.1 Å². The number of nitrogens with two attached hydrogens (primary N) is 1. The van der Waals surface area contributed by atoms with E-state index in [0.29, 0.717) is 16.9 Å². The number of phenolic OH excluding ortho intramolecular Hbond substituents is 1. The van der Waals surface area contributed by atoms with Gasteiger partial charge in [-0.1, -0.05) is 0 Å². The molecular weight excluding hydrogens is 216 g/mol. The topological polar surface area (TPSA) is 90.7 Å². The highest BCUT2D eigenvalue weighted by atomic mass is 16.3. The predicted molar refractivity (Wildman–Crippen MR) is 66.7 cm³/mol. The van der Waals surface area contributed by atoms with Crippen LogP contribution in [0.25, 0.3) is 22.0 Å². The Kier molecular flexibility index (Phi) is 1.89. The molecule has 0 radical (unpaired) electrons. The molecule has 2 aromatic heterocycles. The Morgan fingerprint density at radius 3 is 2.82 bits per heavy atom. The fraction of sp³-hybridized carbons (Fsp3) is 0.0833. The molecule has 5 N–H and O–H groups in total. The van der Waals surface area contributed by atoms with Crippen LogP contribution in [-0.4, -0.2) is 20.3 Å². The predicted octanol–water partition coefficient (Wildman–Crippen LogP) is 2.15. The number of H-pyrrole nitrogens is 2. The molecule has 0 saturated carbocycles. The third kappa shape index (κ3) is 1.36. The van der Waals surface area contributed by atoms with E-state index in [2.05, 4.69) is 15.2 Å². The molecule has 0 bridgehead atoms. The van der Waals surface area contributed by atoms with Crippen LogP contribution in [0.5, 0.6) is 5.75 Å². The van der Waals surface area contributed by atoms with Gasteiger partial charge >= 0.3 is 0 Å². The molecule has 5 nitrogen and oxygen atoms in total. The quantitative estimate of drug-likeness (QED) is 0.514. The maximum Gasteiger partial charge on any atom is 0.132 e. The van der Waals surface area contributed by atoms with Crippen LogP contribution in [0.4, 0.5) is 5.82 Å². The molecular formula is C12H12N4O. The van der Waals surface area contributed by atoms with E-state index in [4.69, 9.17) is 5.73 Å². The minimum absolute atomic E-state index is 0.222. The summed E-state index contributed by atoms with van der Waals surface area (Å²) in [6.07, 6.45) is 1.61. The number of benzene rings is 1. The van der Waals surface area contributed by atoms with Gasteiger partial charge in [0.2, 0.25) is 0 Å². The second-order valence-electron chi connectivity index (χ2n) is 4.07. The molecule has 0 aliphatic heterocycles. The highest BCUT2D eigenvalue weighted by Crippen LogP contribution is 2.37. The summed E-state index contributed by atoms with van der Waals surface area (Å²) in [5, 5.41) is 17.5. The number of fused-ring (bicyclic) bond motifs is 1. The summed E-state index contributed by atoms with van der Waals surface area (Å²) < 4.78 is 0. The number of anilines is 1. The van der Waals surface area contributed by atoms with Gasteiger partial charge in [-0.05, 0) is 25.1 Å². The van der Waals surface area contributed by atoms with Crippen molar-refractivity contribution in [3.63, 3.8) is 0 Å². The Morgan fingerprint density at radius 2 is 2.12 bits per heavy atom. The number of hydrogen-bond donors (Lipinski definition) is 4. The Labute approximate surface area is 97.3 Å². The van der Waals surface area contributed by atoms with Gasteiger partial charge in [0.05, 0.1) is 6.20 Å². The molecule has 0 fully saturated rings. The number of nitrogens with zero attached hydrogens (tertiary/aromatic N) is 1. The molecule has 0 atom stereocenters. The first-order valence-corrected chi connectivity index (χ1v) is 5.27. The lowest BCUT2D eigenvalue weighted by Crippen LogP contribution is -1.88. The third-order valence-corrected chi connectivity index (χ3v) is 2.87. The highest BCUT2D eigenvalue weighted by molar-refractivity contribution is 5.95. The average molecular weight is 228 g/mol. The van der Waals surface area contributed by atoms with Crippen molar-refractivity contribution in [3.8, 4) is 16.9 Å². The van der Waals surface area contributed by atoms with Gasteiger partial charge in [0.25, 0.3) is 0 Å². The summed E-state index contributed by atoms with van der Waals surface area (Å²) >= 11 is 0. The van der Waals surface area contributed by atoms with E-state index >= 15 is 0 Å². The average Bonchev–Trinajstić information content (AvgIpc) is 2.85. The van der Waals surface area contributed by atoms with E-state index in [9.17, 15) is 5.11 Å². The number of rotatable bonds is 1. The Morgan fingerprint density at radius 1 is 1.29 bits per heavy atom. The van der Waals surface area contributed by atoms with Gasteiger partial charge in [-0.3, -0.25) is 5.10 Å². The molecule has 3 rings (SSSR count). The molecule has 17 heavy (non-hydrogen) atoms. The van der Waals surface area contributed by atoms with E-state index in [-0.39, 0.29) is 5.75 Å². The number of nitrogens with one attached hydrogen (secondary N) is 2. The standard InChI is InChI=1S/C12H12N4O/c1-6-4-8-10(15-6)3-2-7(11(8)17)9-5-14-16-12(9)13/h2-5,15,17H,1H3,(H3,13,14,16). The summed E-state index contributed by atoms with van der Waals surface area (Å²) in [7, 11) is 0. The molecule has 0 spiro atoms. The van der Waals surface area contributed by atoms with E-state index in [1.807, 2.05) is 25.1 Å². The van der Waals surface area contributed by atoms with Crippen molar-refractivity contribution in [2.24, 2.45) is 0 Å². The summed E-state index contributed by atoms with van der Waals surface area (Å²) in [5.74, 6) is 0.673. The number of aromatic hydroxyl groups is 1. The second kappa shape index (κ2) is 3.28. The van der Waals surface area contributed by atoms with Gasteiger partial charge in [0.15, 0.2) is 0 Å². The number of aryl methyl sites for hydroxylation is 1. The zero-order valence-electron chi connectivity index (χ0n) is 9.28. The largest absolute Gasteiger partial charge is 0.507 e. The van der Waals surface area contributed by atoms with E-state index in [1.165, 1.54) is 0 Å². The van der Waals surface area contributed by atoms with Gasteiger partial charge in [0, 0.05) is 27.7 Å². The highest BCUT2D eigenvalue weighted by Gasteiger charge is 2.13. The first-order valence-electron chi connectivity index (χ1n) is 5.27. The van der Waals surface area contributed by atoms with Crippen molar-refractivity contribution >= 4 is 16.7 Å². The Bertz CT molecular complexity index is 696. The normalized spacial score (nSPS) is 11.1. The Balaban J connectivity index is 2.31. The molecule has 1 aromatic carbocycles. The minimum Gasteiger partial charge on any atom is -0.507 e. The van der Waals surface area contributed by atoms with Crippen molar-refractivity contribution < 1.29 is 5.11 Å². The third-order valence-electron chi connectivity index (χ3n) is 2.87. The maximum absolute atomic E-state index is 10.2.